The standard InChI is InChI=1S/C18H20N4O2/c1-22(2)16(23)10-5-3-9(4-6-10)15-20-17(24-21-15)18-12-7-11(14(18)19)8-13(12)18/h3-6,11-14H,7-8,19H2,1-2H3. The van der Waals surface area contributed by atoms with Gasteiger partial charge in [-0.05, 0) is 42.7 Å². The Hall–Kier alpha value is -2.21. The van der Waals surface area contributed by atoms with E-state index in [4.69, 9.17) is 10.3 Å². The Balaban J connectivity index is 1.44. The quantitative estimate of drug-likeness (QED) is 0.928. The molecule has 24 heavy (non-hydrogen) atoms. The topological polar surface area (TPSA) is 85.2 Å². The van der Waals surface area contributed by atoms with E-state index in [-0.39, 0.29) is 17.4 Å². The van der Waals surface area contributed by atoms with Gasteiger partial charge in [-0.3, -0.25) is 4.79 Å². The molecule has 2 aromatic rings. The van der Waals surface area contributed by atoms with Crippen molar-refractivity contribution in [1.29, 1.82) is 0 Å². The van der Waals surface area contributed by atoms with Crippen LogP contribution in [0.3, 0.4) is 0 Å². The van der Waals surface area contributed by atoms with Crippen LogP contribution in [0.1, 0.15) is 29.1 Å². The zero-order valence-corrected chi connectivity index (χ0v) is 13.8. The number of benzene rings is 1. The third-order valence-electron chi connectivity index (χ3n) is 6.37. The Bertz CT molecular complexity index is 814. The molecule has 2 N–H and O–H groups in total. The van der Waals surface area contributed by atoms with Crippen LogP contribution in [0.4, 0.5) is 0 Å². The molecule has 0 spiro atoms. The fourth-order valence-corrected chi connectivity index (χ4v) is 5.20. The smallest absolute Gasteiger partial charge is 0.253 e. The van der Waals surface area contributed by atoms with Gasteiger partial charge >= 0.3 is 0 Å². The van der Waals surface area contributed by atoms with Crippen molar-refractivity contribution in [3.05, 3.63) is 35.7 Å². The fourth-order valence-electron chi connectivity index (χ4n) is 5.20. The van der Waals surface area contributed by atoms with Crippen molar-refractivity contribution in [2.75, 3.05) is 14.1 Å². The first-order chi connectivity index (χ1) is 11.5. The second-order valence-electron chi connectivity index (χ2n) is 7.60. The van der Waals surface area contributed by atoms with Crippen LogP contribution in [0, 0.1) is 17.8 Å². The summed E-state index contributed by atoms with van der Waals surface area (Å²) in [4.78, 5) is 18.2. The molecule has 1 aromatic heterocycles. The number of nitrogens with two attached hydrogens (primary N) is 1. The summed E-state index contributed by atoms with van der Waals surface area (Å²) in [6.45, 7) is 0. The summed E-state index contributed by atoms with van der Waals surface area (Å²) < 4.78 is 5.61. The normalized spacial score (nSPS) is 35.3. The summed E-state index contributed by atoms with van der Waals surface area (Å²) in [7, 11) is 3.48. The van der Waals surface area contributed by atoms with E-state index in [0.29, 0.717) is 35.0 Å². The van der Waals surface area contributed by atoms with Crippen LogP contribution < -0.4 is 5.73 Å². The van der Waals surface area contributed by atoms with Crippen molar-refractivity contribution < 1.29 is 9.32 Å². The van der Waals surface area contributed by atoms with E-state index in [0.717, 1.165) is 5.56 Å². The van der Waals surface area contributed by atoms with Gasteiger partial charge in [-0.25, -0.2) is 0 Å². The molecular weight excluding hydrogens is 304 g/mol. The molecule has 6 nitrogen and oxygen atoms in total. The molecule has 1 amide bonds. The SMILES string of the molecule is CN(C)C(=O)c1ccc(-c2noc(C34C(N)C5CC3C4C5)n2)cc1. The van der Waals surface area contributed by atoms with Crippen molar-refractivity contribution >= 4 is 5.91 Å². The molecule has 1 aromatic carbocycles. The minimum Gasteiger partial charge on any atom is -0.345 e. The number of nitrogens with zero attached hydrogens (tertiary/aromatic N) is 3. The Morgan fingerprint density at radius 1 is 1.25 bits per heavy atom. The number of carbonyl (C=O) groups is 1. The monoisotopic (exact) mass is 324 g/mol. The first-order valence-electron chi connectivity index (χ1n) is 8.45. The predicted octanol–water partition coefficient (Wildman–Crippen LogP) is 1.67. The van der Waals surface area contributed by atoms with E-state index in [1.807, 2.05) is 12.1 Å². The second kappa shape index (κ2) is 4.45. The van der Waals surface area contributed by atoms with Gasteiger partial charge in [0.1, 0.15) is 0 Å². The molecule has 3 atom stereocenters. The average Bonchev–Trinajstić information content (AvgIpc) is 3.11. The third kappa shape index (κ3) is 1.57. The first-order valence-corrected chi connectivity index (χ1v) is 8.45. The zero-order chi connectivity index (χ0) is 16.6. The maximum Gasteiger partial charge on any atom is 0.253 e. The van der Waals surface area contributed by atoms with E-state index in [1.54, 1.807) is 31.1 Å². The largest absolute Gasteiger partial charge is 0.345 e. The van der Waals surface area contributed by atoms with Gasteiger partial charge in [0.15, 0.2) is 0 Å². The molecule has 0 radical (unpaired) electrons. The van der Waals surface area contributed by atoms with Crippen molar-refractivity contribution in [3.63, 3.8) is 0 Å². The summed E-state index contributed by atoms with van der Waals surface area (Å²) in [6, 6.07) is 7.49. The van der Waals surface area contributed by atoms with Gasteiger partial charge in [0.2, 0.25) is 11.7 Å². The highest BCUT2D eigenvalue weighted by molar-refractivity contribution is 5.94. The lowest BCUT2D eigenvalue weighted by molar-refractivity contribution is 0.0827. The third-order valence-corrected chi connectivity index (χ3v) is 6.37. The lowest BCUT2D eigenvalue weighted by Crippen LogP contribution is -2.34. The molecule has 3 unspecified atom stereocenters. The number of amides is 1. The van der Waals surface area contributed by atoms with Gasteiger partial charge in [0, 0.05) is 31.3 Å². The molecular formula is C18H20N4O2. The zero-order valence-electron chi connectivity index (χ0n) is 13.8. The van der Waals surface area contributed by atoms with Crippen LogP contribution in [0.5, 0.6) is 0 Å². The maximum atomic E-state index is 12.0. The molecule has 4 saturated carbocycles. The molecule has 0 saturated heterocycles. The molecule has 4 aliphatic carbocycles. The first kappa shape index (κ1) is 14.2. The summed E-state index contributed by atoms with van der Waals surface area (Å²) in [5.41, 5.74) is 7.89. The van der Waals surface area contributed by atoms with Gasteiger partial charge in [-0.1, -0.05) is 17.3 Å². The van der Waals surface area contributed by atoms with E-state index < -0.39 is 0 Å². The summed E-state index contributed by atoms with van der Waals surface area (Å²) in [5, 5.41) is 4.16. The van der Waals surface area contributed by atoms with E-state index in [9.17, 15) is 4.79 Å². The molecule has 4 aliphatic rings. The van der Waals surface area contributed by atoms with E-state index in [1.165, 1.54) is 12.8 Å². The number of carbonyl (C=O) groups excluding carboxylic acids is 1. The summed E-state index contributed by atoms with van der Waals surface area (Å²) in [6.07, 6.45) is 2.43. The number of rotatable bonds is 3. The molecule has 4 bridgehead atoms. The highest BCUT2D eigenvalue weighted by Crippen LogP contribution is 2.78. The van der Waals surface area contributed by atoms with Crippen molar-refractivity contribution in [1.82, 2.24) is 15.0 Å². The van der Waals surface area contributed by atoms with Crippen LogP contribution in [0.2, 0.25) is 0 Å². The van der Waals surface area contributed by atoms with Gasteiger partial charge in [0.05, 0.1) is 5.41 Å². The van der Waals surface area contributed by atoms with Crippen LogP contribution in [-0.2, 0) is 5.41 Å². The Morgan fingerprint density at radius 2 is 1.92 bits per heavy atom. The van der Waals surface area contributed by atoms with Crippen LogP contribution in [-0.4, -0.2) is 41.1 Å². The molecule has 4 fully saturated rings. The predicted molar refractivity (Wildman–Crippen MR) is 87.1 cm³/mol. The van der Waals surface area contributed by atoms with E-state index in [2.05, 4.69) is 10.1 Å². The maximum absolute atomic E-state index is 12.0. The molecule has 6 rings (SSSR count). The lowest BCUT2D eigenvalue weighted by atomic mass is 9.98. The van der Waals surface area contributed by atoms with Gasteiger partial charge in [-0.2, -0.15) is 4.98 Å². The number of hydrogen-bond acceptors (Lipinski definition) is 5. The van der Waals surface area contributed by atoms with Crippen LogP contribution in [0.15, 0.2) is 28.8 Å². The number of aromatic nitrogens is 2. The fraction of sp³-hybridized carbons (Fsp3) is 0.500. The van der Waals surface area contributed by atoms with Gasteiger partial charge in [0.25, 0.3) is 5.91 Å². The minimum atomic E-state index is -0.0449. The van der Waals surface area contributed by atoms with Crippen LogP contribution in [0.25, 0.3) is 11.4 Å². The Labute approximate surface area is 140 Å². The average molecular weight is 324 g/mol. The van der Waals surface area contributed by atoms with Crippen LogP contribution >= 0.6 is 0 Å². The Kier molecular flexibility index (Phi) is 2.62. The molecule has 1 heterocycles. The number of hydrogen-bond donors (Lipinski definition) is 1. The van der Waals surface area contributed by atoms with E-state index >= 15 is 0 Å². The lowest BCUT2D eigenvalue weighted by Gasteiger charge is -2.14. The van der Waals surface area contributed by atoms with Gasteiger partial charge < -0.3 is 15.2 Å². The molecule has 6 heteroatoms. The van der Waals surface area contributed by atoms with Crippen molar-refractivity contribution in [2.24, 2.45) is 23.5 Å². The highest BCUT2D eigenvalue weighted by atomic mass is 16.5. The van der Waals surface area contributed by atoms with Crippen molar-refractivity contribution in [2.45, 2.75) is 24.3 Å². The highest BCUT2D eigenvalue weighted by Gasteiger charge is 2.81. The molecule has 0 aliphatic heterocycles. The summed E-state index contributed by atoms with van der Waals surface area (Å²) >= 11 is 0. The molecule has 124 valence electrons. The minimum absolute atomic E-state index is 0.0215. The second-order valence-corrected chi connectivity index (χ2v) is 7.60. The van der Waals surface area contributed by atoms with Gasteiger partial charge in [-0.15, -0.1) is 0 Å². The van der Waals surface area contributed by atoms with Crippen molar-refractivity contribution in [3.8, 4) is 11.4 Å². The summed E-state index contributed by atoms with van der Waals surface area (Å²) in [5.74, 6) is 3.19. The Morgan fingerprint density at radius 3 is 2.46 bits per heavy atom.